The van der Waals surface area contributed by atoms with Gasteiger partial charge in [-0.1, -0.05) is 54.6 Å². The normalized spacial score (nSPS) is 21.2. The minimum Gasteiger partial charge on any atom is -0.309 e. The van der Waals surface area contributed by atoms with Crippen molar-refractivity contribution in [1.29, 1.82) is 0 Å². The molecule has 0 aromatic heterocycles. The molecule has 1 aromatic rings. The molecule has 0 spiro atoms. The molecule has 0 radical (unpaired) electrons. The fourth-order valence-corrected chi connectivity index (χ4v) is 5.50. The minimum atomic E-state index is -2.42. The summed E-state index contributed by atoms with van der Waals surface area (Å²) in [5.74, 6) is 0. The lowest BCUT2D eigenvalue weighted by Gasteiger charge is -2.15. The Bertz CT molecular complexity index is 521. The summed E-state index contributed by atoms with van der Waals surface area (Å²) in [5, 5.41) is 3.20. The average Bonchev–Trinajstić information content (AvgIpc) is 2.50. The molecule has 0 N–H and O–H groups in total. The largest absolute Gasteiger partial charge is 0.309 e. The smallest absolute Gasteiger partial charge is 0.163 e. The molecule has 0 saturated carbocycles. The summed E-state index contributed by atoms with van der Waals surface area (Å²) < 4.78 is 13.2. The molecule has 3 rings (SSSR count). The molecule has 2 heterocycles. The number of hydrogen-bond acceptors (Lipinski definition) is 1. The first-order chi connectivity index (χ1) is 7.82. The lowest BCUT2D eigenvalue weighted by atomic mass is 10.2. The van der Waals surface area contributed by atoms with Gasteiger partial charge < -0.3 is 4.57 Å². The van der Waals surface area contributed by atoms with Crippen molar-refractivity contribution in [2.75, 3.05) is 0 Å². The Morgan fingerprint density at radius 2 is 1.44 bits per heavy atom. The van der Waals surface area contributed by atoms with Crippen molar-refractivity contribution in [3.8, 4) is 0 Å². The van der Waals surface area contributed by atoms with Gasteiger partial charge in [-0.3, -0.25) is 0 Å². The molecule has 0 aliphatic carbocycles. The molecule has 1 aromatic carbocycles. The van der Waals surface area contributed by atoms with E-state index in [1.807, 2.05) is 54.6 Å². The van der Waals surface area contributed by atoms with Crippen molar-refractivity contribution in [3.63, 3.8) is 0 Å². The second-order valence-electron chi connectivity index (χ2n) is 4.15. The van der Waals surface area contributed by atoms with Crippen LogP contribution in [0.5, 0.6) is 0 Å². The second kappa shape index (κ2) is 3.61. The van der Waals surface area contributed by atoms with Gasteiger partial charge in [0.2, 0.25) is 0 Å². The van der Waals surface area contributed by atoms with Gasteiger partial charge in [-0.05, 0) is 23.5 Å². The van der Waals surface area contributed by atoms with E-state index < -0.39 is 7.14 Å². The van der Waals surface area contributed by atoms with Crippen LogP contribution in [0.1, 0.15) is 12.8 Å². The summed E-state index contributed by atoms with van der Waals surface area (Å²) in [4.78, 5) is 0. The standard InChI is InChI=1S/C14H13OP/c15-16(12-6-2-1-3-7-12)13-8-4-5-9-14(16)11-10-13/h1-9H,10-11H2. The van der Waals surface area contributed by atoms with Gasteiger partial charge in [0.15, 0.2) is 7.14 Å². The zero-order chi connectivity index (χ0) is 11.0. The van der Waals surface area contributed by atoms with E-state index in [1.54, 1.807) is 0 Å². The van der Waals surface area contributed by atoms with Gasteiger partial charge >= 0.3 is 0 Å². The van der Waals surface area contributed by atoms with Crippen molar-refractivity contribution >= 4 is 12.4 Å². The molecule has 16 heavy (non-hydrogen) atoms. The van der Waals surface area contributed by atoms with Crippen LogP contribution in [-0.4, -0.2) is 0 Å². The molecule has 1 nitrogen and oxygen atoms in total. The summed E-state index contributed by atoms with van der Waals surface area (Å²) in [7, 11) is -2.42. The topological polar surface area (TPSA) is 17.1 Å². The van der Waals surface area contributed by atoms with E-state index in [1.165, 1.54) is 0 Å². The number of fused-ring (bicyclic) bond motifs is 2. The minimum absolute atomic E-state index is 0.947. The Kier molecular flexibility index (Phi) is 2.22. The highest BCUT2D eigenvalue weighted by Gasteiger charge is 2.38. The molecule has 1 fully saturated rings. The highest BCUT2D eigenvalue weighted by atomic mass is 31.2. The number of hydrogen-bond donors (Lipinski definition) is 0. The SMILES string of the molecule is O=P1(c2ccccc2)C2=CC=CC=C1CC2. The van der Waals surface area contributed by atoms with Crippen molar-refractivity contribution in [3.05, 3.63) is 65.3 Å². The zero-order valence-corrected chi connectivity index (χ0v) is 9.86. The highest BCUT2D eigenvalue weighted by Crippen LogP contribution is 2.68. The Balaban J connectivity index is 2.24. The average molecular weight is 228 g/mol. The van der Waals surface area contributed by atoms with Gasteiger partial charge in [0, 0.05) is 5.30 Å². The van der Waals surface area contributed by atoms with E-state index in [0.717, 1.165) is 28.8 Å². The van der Waals surface area contributed by atoms with Crippen LogP contribution >= 0.6 is 7.14 Å². The molecule has 2 heteroatoms. The van der Waals surface area contributed by atoms with Crippen LogP contribution in [0.3, 0.4) is 0 Å². The molecule has 0 unspecified atom stereocenters. The monoisotopic (exact) mass is 228 g/mol. The Morgan fingerprint density at radius 3 is 2.00 bits per heavy atom. The quantitative estimate of drug-likeness (QED) is 0.668. The van der Waals surface area contributed by atoms with Crippen LogP contribution in [0, 0.1) is 0 Å². The Morgan fingerprint density at radius 1 is 0.875 bits per heavy atom. The summed E-state index contributed by atoms with van der Waals surface area (Å²) in [6.45, 7) is 0. The van der Waals surface area contributed by atoms with Gasteiger partial charge in [0.25, 0.3) is 0 Å². The summed E-state index contributed by atoms with van der Waals surface area (Å²) in [6, 6.07) is 9.87. The Labute approximate surface area is 95.6 Å². The fourth-order valence-electron chi connectivity index (χ4n) is 2.43. The fraction of sp³-hybridized carbons (Fsp3) is 0.143. The summed E-state index contributed by atoms with van der Waals surface area (Å²) >= 11 is 0. The van der Waals surface area contributed by atoms with Crippen LogP contribution in [-0.2, 0) is 4.57 Å². The Hall–Kier alpha value is -1.33. The first-order valence-corrected chi connectivity index (χ1v) is 7.26. The van der Waals surface area contributed by atoms with E-state index >= 15 is 0 Å². The zero-order valence-electron chi connectivity index (χ0n) is 8.97. The molecule has 2 aliphatic rings. The van der Waals surface area contributed by atoms with Crippen molar-refractivity contribution in [2.24, 2.45) is 0 Å². The van der Waals surface area contributed by atoms with Gasteiger partial charge in [-0.15, -0.1) is 0 Å². The van der Waals surface area contributed by atoms with E-state index in [4.69, 9.17) is 0 Å². The summed E-state index contributed by atoms with van der Waals surface area (Å²) in [6.07, 6.45) is 9.95. The third kappa shape index (κ3) is 1.28. The number of allylic oxidation sites excluding steroid dienone is 6. The van der Waals surface area contributed by atoms with Crippen molar-refractivity contribution < 1.29 is 4.57 Å². The van der Waals surface area contributed by atoms with Crippen molar-refractivity contribution in [1.82, 2.24) is 0 Å². The van der Waals surface area contributed by atoms with Crippen LogP contribution in [0.25, 0.3) is 0 Å². The maximum Gasteiger partial charge on any atom is 0.163 e. The van der Waals surface area contributed by atoms with Gasteiger partial charge in [0.05, 0.1) is 0 Å². The lowest BCUT2D eigenvalue weighted by molar-refractivity contribution is 0.590. The van der Waals surface area contributed by atoms with Gasteiger partial charge in [-0.2, -0.15) is 0 Å². The molecule has 1 saturated heterocycles. The van der Waals surface area contributed by atoms with Gasteiger partial charge in [-0.25, -0.2) is 0 Å². The third-order valence-corrected chi connectivity index (χ3v) is 6.64. The van der Waals surface area contributed by atoms with Crippen LogP contribution in [0.4, 0.5) is 0 Å². The van der Waals surface area contributed by atoms with Crippen LogP contribution in [0.15, 0.2) is 65.3 Å². The van der Waals surface area contributed by atoms with E-state index in [0.29, 0.717) is 0 Å². The van der Waals surface area contributed by atoms with E-state index in [2.05, 4.69) is 0 Å². The van der Waals surface area contributed by atoms with E-state index in [9.17, 15) is 4.57 Å². The van der Waals surface area contributed by atoms with Crippen LogP contribution < -0.4 is 5.30 Å². The molecule has 2 bridgehead atoms. The molecule has 80 valence electrons. The maximum absolute atomic E-state index is 13.2. The van der Waals surface area contributed by atoms with Crippen molar-refractivity contribution in [2.45, 2.75) is 12.8 Å². The first-order valence-electron chi connectivity index (χ1n) is 5.55. The predicted molar refractivity (Wildman–Crippen MR) is 68.2 cm³/mol. The van der Waals surface area contributed by atoms with Crippen LogP contribution in [0.2, 0.25) is 0 Å². The second-order valence-corrected chi connectivity index (χ2v) is 7.03. The maximum atomic E-state index is 13.2. The summed E-state index contributed by atoms with van der Waals surface area (Å²) in [5.41, 5.74) is 0. The van der Waals surface area contributed by atoms with Gasteiger partial charge in [0.1, 0.15) is 0 Å². The molecule has 0 amide bonds. The molecule has 0 atom stereocenters. The third-order valence-electron chi connectivity index (χ3n) is 3.25. The number of rotatable bonds is 1. The molecular weight excluding hydrogens is 215 g/mol. The molecular formula is C14H13OP. The molecule has 2 aliphatic heterocycles. The van der Waals surface area contributed by atoms with E-state index in [-0.39, 0.29) is 0 Å². The lowest BCUT2D eigenvalue weighted by Crippen LogP contribution is -2.03. The predicted octanol–water partition coefficient (Wildman–Crippen LogP) is 3.81. The number of benzene rings is 1. The highest BCUT2D eigenvalue weighted by molar-refractivity contribution is 7.79. The first kappa shape index (κ1) is 9.86.